The van der Waals surface area contributed by atoms with E-state index in [1.54, 1.807) is 11.8 Å². The van der Waals surface area contributed by atoms with Crippen molar-refractivity contribution in [3.8, 4) is 0 Å². The Kier molecular flexibility index (Phi) is 3.91. The van der Waals surface area contributed by atoms with Crippen LogP contribution in [0.3, 0.4) is 0 Å². The fourth-order valence-electron chi connectivity index (χ4n) is 1.51. The first-order valence-electron chi connectivity index (χ1n) is 4.89. The Morgan fingerprint density at radius 3 is 2.20 bits per heavy atom. The third kappa shape index (κ3) is 3.06. The highest BCUT2D eigenvalue weighted by Gasteiger charge is 2.06. The van der Waals surface area contributed by atoms with Crippen LogP contribution in [0.25, 0.3) is 0 Å². The second-order valence-corrected chi connectivity index (χ2v) is 4.71. The molecule has 1 aromatic carbocycles. The van der Waals surface area contributed by atoms with Crippen molar-refractivity contribution < 1.29 is 4.79 Å². The molecule has 0 saturated carbocycles. The van der Waals surface area contributed by atoms with Crippen molar-refractivity contribution in [2.45, 2.75) is 27.3 Å². The first-order chi connectivity index (χ1) is 6.91. The largest absolute Gasteiger partial charge is 0.342 e. The zero-order valence-corrected chi connectivity index (χ0v) is 11.2. The molecule has 0 unspecified atom stereocenters. The molecule has 0 bridgehead atoms. The first kappa shape index (κ1) is 12.2. The van der Waals surface area contributed by atoms with Crippen LogP contribution in [0.2, 0.25) is 0 Å². The highest BCUT2D eigenvalue weighted by Crippen LogP contribution is 2.22. The van der Waals surface area contributed by atoms with Gasteiger partial charge in [0.25, 0.3) is 0 Å². The average Bonchev–Trinajstić information content (AvgIpc) is 2.13. The Hall–Kier alpha value is -0.830. The van der Waals surface area contributed by atoms with Crippen molar-refractivity contribution in [2.24, 2.45) is 0 Å². The lowest BCUT2D eigenvalue weighted by molar-refractivity contribution is -0.128. The minimum Gasteiger partial charge on any atom is -0.342 e. The number of benzene rings is 1. The third-order valence-corrected chi connectivity index (χ3v) is 3.70. The summed E-state index contributed by atoms with van der Waals surface area (Å²) in [7, 11) is 1.81. The molecule has 1 amide bonds. The maximum Gasteiger partial charge on any atom is 0.219 e. The maximum atomic E-state index is 11.1. The van der Waals surface area contributed by atoms with Crippen LogP contribution in [0, 0.1) is 13.8 Å². The molecular formula is C12H16BrNO. The molecular weight excluding hydrogens is 254 g/mol. The molecule has 0 aliphatic rings. The number of rotatable bonds is 2. The van der Waals surface area contributed by atoms with E-state index < -0.39 is 0 Å². The first-order valence-corrected chi connectivity index (χ1v) is 5.68. The smallest absolute Gasteiger partial charge is 0.219 e. The van der Waals surface area contributed by atoms with Crippen LogP contribution in [-0.4, -0.2) is 17.9 Å². The van der Waals surface area contributed by atoms with E-state index in [9.17, 15) is 4.79 Å². The topological polar surface area (TPSA) is 20.3 Å². The summed E-state index contributed by atoms with van der Waals surface area (Å²) in [4.78, 5) is 12.8. The number of carbonyl (C=O) groups excluding carboxylic acids is 1. The second-order valence-electron chi connectivity index (χ2n) is 3.92. The summed E-state index contributed by atoms with van der Waals surface area (Å²) in [6, 6.07) is 4.22. The lowest BCUT2D eigenvalue weighted by atomic mass is 10.1. The molecule has 0 N–H and O–H groups in total. The number of nitrogens with zero attached hydrogens (tertiary/aromatic N) is 1. The number of aryl methyl sites for hydroxylation is 2. The van der Waals surface area contributed by atoms with Crippen LogP contribution < -0.4 is 0 Å². The molecule has 82 valence electrons. The lowest BCUT2D eigenvalue weighted by Crippen LogP contribution is -2.23. The predicted octanol–water partition coefficient (Wildman–Crippen LogP) is 3.04. The van der Waals surface area contributed by atoms with Gasteiger partial charge in [-0.2, -0.15) is 0 Å². The van der Waals surface area contributed by atoms with Crippen molar-refractivity contribution in [2.75, 3.05) is 7.05 Å². The lowest BCUT2D eigenvalue weighted by Gasteiger charge is -2.16. The number of amides is 1. The third-order valence-electron chi connectivity index (χ3n) is 2.45. The summed E-state index contributed by atoms with van der Waals surface area (Å²) in [5.74, 6) is 0.0909. The van der Waals surface area contributed by atoms with E-state index in [2.05, 4.69) is 41.9 Å². The summed E-state index contributed by atoms with van der Waals surface area (Å²) in [5.41, 5.74) is 3.59. The van der Waals surface area contributed by atoms with Gasteiger partial charge in [-0.3, -0.25) is 4.79 Å². The SMILES string of the molecule is CC(=O)N(C)Cc1cc(C)c(Br)c(C)c1. The molecule has 0 radical (unpaired) electrons. The Bertz CT molecular complexity index is 364. The fraction of sp³-hybridized carbons (Fsp3) is 0.417. The average molecular weight is 270 g/mol. The summed E-state index contributed by atoms with van der Waals surface area (Å²) < 4.78 is 1.15. The number of halogens is 1. The van der Waals surface area contributed by atoms with Gasteiger partial charge in [-0.15, -0.1) is 0 Å². The van der Waals surface area contributed by atoms with Crippen LogP contribution in [-0.2, 0) is 11.3 Å². The van der Waals surface area contributed by atoms with E-state index in [1.807, 2.05) is 7.05 Å². The van der Waals surface area contributed by atoms with Gasteiger partial charge in [-0.1, -0.05) is 28.1 Å². The summed E-state index contributed by atoms with van der Waals surface area (Å²) >= 11 is 3.53. The standard InChI is InChI=1S/C12H16BrNO/c1-8-5-11(6-9(2)12(8)13)7-14(4)10(3)15/h5-6H,7H2,1-4H3. The van der Waals surface area contributed by atoms with Gasteiger partial charge in [0.1, 0.15) is 0 Å². The Morgan fingerprint density at radius 1 is 1.33 bits per heavy atom. The van der Waals surface area contributed by atoms with Crippen molar-refractivity contribution in [3.63, 3.8) is 0 Å². The van der Waals surface area contributed by atoms with Gasteiger partial charge in [0.15, 0.2) is 0 Å². The highest BCUT2D eigenvalue weighted by atomic mass is 79.9. The predicted molar refractivity (Wildman–Crippen MR) is 65.8 cm³/mol. The molecule has 0 spiro atoms. The van der Waals surface area contributed by atoms with Crippen LogP contribution >= 0.6 is 15.9 Å². The molecule has 0 aliphatic heterocycles. The van der Waals surface area contributed by atoms with Crippen molar-refractivity contribution >= 4 is 21.8 Å². The Balaban J connectivity index is 2.92. The van der Waals surface area contributed by atoms with E-state index in [0.717, 1.165) is 4.47 Å². The maximum absolute atomic E-state index is 11.1. The molecule has 0 aliphatic carbocycles. The zero-order valence-electron chi connectivity index (χ0n) is 9.60. The fourth-order valence-corrected chi connectivity index (χ4v) is 1.74. The molecule has 0 atom stereocenters. The summed E-state index contributed by atoms with van der Waals surface area (Å²) in [6.45, 7) is 6.38. The van der Waals surface area contributed by atoms with Crippen molar-refractivity contribution in [1.29, 1.82) is 0 Å². The molecule has 0 heterocycles. The second kappa shape index (κ2) is 4.79. The van der Waals surface area contributed by atoms with E-state index in [0.29, 0.717) is 6.54 Å². The van der Waals surface area contributed by atoms with Crippen LogP contribution in [0.4, 0.5) is 0 Å². The van der Waals surface area contributed by atoms with Gasteiger partial charge in [-0.25, -0.2) is 0 Å². The van der Waals surface area contributed by atoms with Gasteiger partial charge in [0, 0.05) is 25.0 Å². The summed E-state index contributed by atoms with van der Waals surface area (Å²) in [6.07, 6.45) is 0. The molecule has 2 nitrogen and oxygen atoms in total. The Labute approximate surface area is 99.4 Å². The number of hydrogen-bond donors (Lipinski definition) is 0. The van der Waals surface area contributed by atoms with Crippen molar-refractivity contribution in [1.82, 2.24) is 4.90 Å². The van der Waals surface area contributed by atoms with Crippen LogP contribution in [0.1, 0.15) is 23.6 Å². The van der Waals surface area contributed by atoms with E-state index in [1.165, 1.54) is 16.7 Å². The minimum atomic E-state index is 0.0909. The van der Waals surface area contributed by atoms with Crippen molar-refractivity contribution in [3.05, 3.63) is 33.3 Å². The molecule has 1 aromatic rings. The molecule has 15 heavy (non-hydrogen) atoms. The van der Waals surface area contributed by atoms with E-state index >= 15 is 0 Å². The molecule has 3 heteroatoms. The van der Waals surface area contributed by atoms with E-state index in [4.69, 9.17) is 0 Å². The van der Waals surface area contributed by atoms with Gasteiger partial charge in [0.2, 0.25) is 5.91 Å². The molecule has 0 fully saturated rings. The zero-order chi connectivity index (χ0) is 11.6. The molecule has 1 rings (SSSR count). The van der Waals surface area contributed by atoms with Gasteiger partial charge >= 0.3 is 0 Å². The monoisotopic (exact) mass is 269 g/mol. The van der Waals surface area contributed by atoms with Gasteiger partial charge in [-0.05, 0) is 30.5 Å². The Morgan fingerprint density at radius 2 is 1.80 bits per heavy atom. The van der Waals surface area contributed by atoms with E-state index in [-0.39, 0.29) is 5.91 Å². The normalized spacial score (nSPS) is 10.2. The highest BCUT2D eigenvalue weighted by molar-refractivity contribution is 9.10. The van der Waals surface area contributed by atoms with Crippen LogP contribution in [0.15, 0.2) is 16.6 Å². The minimum absolute atomic E-state index is 0.0909. The number of hydrogen-bond acceptors (Lipinski definition) is 1. The molecule has 0 aromatic heterocycles. The number of carbonyl (C=O) groups is 1. The van der Waals surface area contributed by atoms with Gasteiger partial charge in [0.05, 0.1) is 0 Å². The molecule has 0 saturated heterocycles. The van der Waals surface area contributed by atoms with Gasteiger partial charge < -0.3 is 4.90 Å². The quantitative estimate of drug-likeness (QED) is 0.808. The summed E-state index contributed by atoms with van der Waals surface area (Å²) in [5, 5.41) is 0. The van der Waals surface area contributed by atoms with Crippen LogP contribution in [0.5, 0.6) is 0 Å².